The van der Waals surface area contributed by atoms with E-state index in [0.29, 0.717) is 6.54 Å². The molecule has 0 aromatic heterocycles. The van der Waals surface area contributed by atoms with Crippen molar-refractivity contribution in [1.29, 1.82) is 0 Å². The molecule has 1 N–H and O–H groups in total. The van der Waals surface area contributed by atoms with Crippen molar-refractivity contribution in [3.05, 3.63) is 65.2 Å². The van der Waals surface area contributed by atoms with Gasteiger partial charge in [0.2, 0.25) is 15.9 Å². The molecule has 0 saturated heterocycles. The van der Waals surface area contributed by atoms with Gasteiger partial charge >= 0.3 is 0 Å². The van der Waals surface area contributed by atoms with Gasteiger partial charge < -0.3 is 10.1 Å². The van der Waals surface area contributed by atoms with Crippen molar-refractivity contribution < 1.29 is 17.9 Å². The van der Waals surface area contributed by atoms with Gasteiger partial charge in [-0.15, -0.1) is 0 Å². The second-order valence-corrected chi connectivity index (χ2v) is 8.38. The number of benzene rings is 2. The maximum Gasteiger partial charge on any atom is 0.224 e. The van der Waals surface area contributed by atoms with Crippen LogP contribution in [0.2, 0.25) is 0 Å². The molecule has 2 rings (SSSR count). The Balaban J connectivity index is 1.89. The quantitative estimate of drug-likeness (QED) is 0.712. The Hall–Kier alpha value is -2.38. The van der Waals surface area contributed by atoms with Crippen LogP contribution in [0.5, 0.6) is 5.75 Å². The zero-order valence-electron chi connectivity index (χ0n) is 15.9. The molecule has 0 unspecified atom stereocenters. The molecule has 0 heterocycles. The number of hydrogen-bond donors (Lipinski definition) is 1. The van der Waals surface area contributed by atoms with E-state index in [1.54, 1.807) is 19.2 Å². The van der Waals surface area contributed by atoms with E-state index < -0.39 is 10.0 Å². The van der Waals surface area contributed by atoms with Crippen LogP contribution in [0.4, 0.5) is 0 Å². The summed E-state index contributed by atoms with van der Waals surface area (Å²) in [6.07, 6.45) is 1.42. The summed E-state index contributed by atoms with van der Waals surface area (Å²) >= 11 is 0. The van der Waals surface area contributed by atoms with Crippen LogP contribution in [0, 0.1) is 6.92 Å². The Morgan fingerprint density at radius 3 is 2.37 bits per heavy atom. The molecule has 0 aliphatic rings. The van der Waals surface area contributed by atoms with E-state index in [4.69, 9.17) is 4.74 Å². The maximum atomic E-state index is 12.1. The highest BCUT2D eigenvalue weighted by Crippen LogP contribution is 2.13. The molecular formula is C20H26N2O4S. The van der Waals surface area contributed by atoms with Gasteiger partial charge in [-0.1, -0.05) is 36.4 Å². The van der Waals surface area contributed by atoms with E-state index in [-0.39, 0.29) is 25.4 Å². The zero-order chi connectivity index (χ0) is 19.9. The van der Waals surface area contributed by atoms with Crippen LogP contribution in [0.25, 0.3) is 0 Å². The first-order valence-electron chi connectivity index (χ1n) is 8.69. The number of nitrogens with one attached hydrogen (secondary N) is 1. The minimum atomic E-state index is -3.38. The van der Waals surface area contributed by atoms with Crippen LogP contribution >= 0.6 is 0 Å². The zero-order valence-corrected chi connectivity index (χ0v) is 16.8. The molecule has 0 fully saturated rings. The molecule has 0 atom stereocenters. The van der Waals surface area contributed by atoms with Gasteiger partial charge in [-0.2, -0.15) is 4.31 Å². The van der Waals surface area contributed by atoms with E-state index in [9.17, 15) is 13.2 Å². The minimum absolute atomic E-state index is 0.149. The van der Waals surface area contributed by atoms with E-state index in [1.165, 1.54) is 10.6 Å². The predicted octanol–water partition coefficient (Wildman–Crippen LogP) is 2.12. The largest absolute Gasteiger partial charge is 0.497 e. The summed E-state index contributed by atoms with van der Waals surface area (Å²) in [4.78, 5) is 12.1. The lowest BCUT2D eigenvalue weighted by Crippen LogP contribution is -2.38. The number of nitrogens with zero attached hydrogens (tertiary/aromatic N) is 1. The smallest absolute Gasteiger partial charge is 0.224 e. The van der Waals surface area contributed by atoms with Crippen molar-refractivity contribution in [1.82, 2.24) is 9.62 Å². The third kappa shape index (κ3) is 6.69. The highest BCUT2D eigenvalue weighted by Gasteiger charge is 2.18. The normalized spacial score (nSPS) is 11.4. The molecule has 7 heteroatoms. The third-order valence-corrected chi connectivity index (χ3v) is 5.53. The highest BCUT2D eigenvalue weighted by atomic mass is 32.2. The third-order valence-electron chi connectivity index (χ3n) is 4.28. The Bertz CT molecular complexity index is 864. The molecule has 1 amide bonds. The Labute approximate surface area is 161 Å². The number of carbonyl (C=O) groups excluding carboxylic acids is 1. The summed E-state index contributed by atoms with van der Waals surface area (Å²) in [6.45, 7) is 2.72. The van der Waals surface area contributed by atoms with Gasteiger partial charge in [0.15, 0.2) is 0 Å². The van der Waals surface area contributed by atoms with Gasteiger partial charge in [-0.05, 0) is 35.7 Å². The Morgan fingerprint density at radius 1 is 1.11 bits per heavy atom. The maximum absolute atomic E-state index is 12.1. The standard InChI is InChI=1S/C20H26N2O4S/c1-16-6-4-5-7-18(16)15-22(27(3,24)25)13-12-21-20(23)14-17-8-10-19(26-2)11-9-17/h4-11H,12-15H2,1-3H3,(H,21,23). The van der Waals surface area contributed by atoms with E-state index in [2.05, 4.69) is 5.32 Å². The topological polar surface area (TPSA) is 75.7 Å². The molecule has 0 aliphatic heterocycles. The average Bonchev–Trinajstić information content (AvgIpc) is 2.62. The molecule has 146 valence electrons. The van der Waals surface area contributed by atoms with Gasteiger partial charge in [0.1, 0.15) is 5.75 Å². The fourth-order valence-electron chi connectivity index (χ4n) is 2.65. The number of sulfonamides is 1. The monoisotopic (exact) mass is 390 g/mol. The summed E-state index contributed by atoms with van der Waals surface area (Å²) in [5, 5.41) is 2.79. The lowest BCUT2D eigenvalue weighted by molar-refractivity contribution is -0.120. The number of amides is 1. The number of rotatable bonds is 9. The van der Waals surface area contributed by atoms with Crippen LogP contribution in [-0.2, 0) is 27.8 Å². The molecule has 0 aliphatic carbocycles. The second kappa shape index (κ2) is 9.53. The Kier molecular flexibility index (Phi) is 7.38. The molecule has 0 saturated carbocycles. The average molecular weight is 391 g/mol. The van der Waals surface area contributed by atoms with Crippen LogP contribution in [0.1, 0.15) is 16.7 Å². The molecule has 0 radical (unpaired) electrons. The van der Waals surface area contributed by atoms with E-state index in [0.717, 1.165) is 22.4 Å². The molecule has 0 spiro atoms. The second-order valence-electron chi connectivity index (χ2n) is 6.40. The molecular weight excluding hydrogens is 364 g/mol. The first-order chi connectivity index (χ1) is 12.8. The van der Waals surface area contributed by atoms with E-state index >= 15 is 0 Å². The summed E-state index contributed by atoms with van der Waals surface area (Å²) in [6, 6.07) is 14.9. The summed E-state index contributed by atoms with van der Waals surface area (Å²) in [5.41, 5.74) is 2.86. The van der Waals surface area contributed by atoms with Crippen LogP contribution in [0.15, 0.2) is 48.5 Å². The lowest BCUT2D eigenvalue weighted by Gasteiger charge is -2.21. The van der Waals surface area contributed by atoms with Gasteiger partial charge in [-0.25, -0.2) is 8.42 Å². The van der Waals surface area contributed by atoms with E-state index in [1.807, 2.05) is 43.3 Å². The molecule has 2 aromatic rings. The summed E-state index contributed by atoms with van der Waals surface area (Å²) < 4.78 is 30.6. The number of aryl methyl sites for hydroxylation is 1. The molecule has 2 aromatic carbocycles. The highest BCUT2D eigenvalue weighted by molar-refractivity contribution is 7.88. The SMILES string of the molecule is COc1ccc(CC(=O)NCCN(Cc2ccccc2C)S(C)(=O)=O)cc1. The number of ether oxygens (including phenoxy) is 1. The van der Waals surface area contributed by atoms with Crippen molar-refractivity contribution in [3.63, 3.8) is 0 Å². The Morgan fingerprint density at radius 2 is 1.78 bits per heavy atom. The lowest BCUT2D eigenvalue weighted by atomic mass is 10.1. The minimum Gasteiger partial charge on any atom is -0.497 e. The summed E-state index contributed by atoms with van der Waals surface area (Å²) in [7, 11) is -1.79. The van der Waals surface area contributed by atoms with Gasteiger partial charge in [0.05, 0.1) is 19.8 Å². The summed E-state index contributed by atoms with van der Waals surface area (Å²) in [5.74, 6) is 0.587. The first kappa shape index (κ1) is 20.9. The molecule has 0 bridgehead atoms. The fourth-order valence-corrected chi connectivity index (χ4v) is 3.45. The van der Waals surface area contributed by atoms with Gasteiger partial charge in [0.25, 0.3) is 0 Å². The van der Waals surface area contributed by atoms with Crippen molar-refractivity contribution in [2.45, 2.75) is 19.9 Å². The molecule has 6 nitrogen and oxygen atoms in total. The van der Waals surface area contributed by atoms with Crippen LogP contribution in [0.3, 0.4) is 0 Å². The molecule has 27 heavy (non-hydrogen) atoms. The van der Waals surface area contributed by atoms with Gasteiger partial charge in [0, 0.05) is 19.6 Å². The van der Waals surface area contributed by atoms with Crippen LogP contribution < -0.4 is 10.1 Å². The van der Waals surface area contributed by atoms with Crippen molar-refractivity contribution in [2.75, 3.05) is 26.5 Å². The number of carbonyl (C=O) groups is 1. The van der Waals surface area contributed by atoms with Crippen molar-refractivity contribution in [2.24, 2.45) is 0 Å². The van der Waals surface area contributed by atoms with Crippen molar-refractivity contribution >= 4 is 15.9 Å². The van der Waals surface area contributed by atoms with Crippen molar-refractivity contribution in [3.8, 4) is 5.75 Å². The predicted molar refractivity (Wildman–Crippen MR) is 106 cm³/mol. The number of methoxy groups -OCH3 is 1. The van der Waals surface area contributed by atoms with Gasteiger partial charge in [-0.3, -0.25) is 4.79 Å². The van der Waals surface area contributed by atoms with Crippen LogP contribution in [-0.4, -0.2) is 45.1 Å². The number of hydrogen-bond acceptors (Lipinski definition) is 4. The fraction of sp³-hybridized carbons (Fsp3) is 0.350. The first-order valence-corrected chi connectivity index (χ1v) is 10.5.